The third-order valence-electron chi connectivity index (χ3n) is 4.52. The fourth-order valence-corrected chi connectivity index (χ4v) is 4.86. The lowest BCUT2D eigenvalue weighted by Gasteiger charge is -2.28. The van der Waals surface area contributed by atoms with Crippen LogP contribution in [-0.4, -0.2) is 51.9 Å². The van der Waals surface area contributed by atoms with E-state index < -0.39 is 10.0 Å². The number of ether oxygens (including phenoxy) is 1. The van der Waals surface area contributed by atoms with Gasteiger partial charge in [-0.1, -0.05) is 22.9 Å². The van der Waals surface area contributed by atoms with Gasteiger partial charge in [-0.25, -0.2) is 12.7 Å². The SMILES string of the molecule is CS(=O)(=O)N1CCC(c2nnc3sc(COc4ccc(Cl)cc4)nn23)CC1. The molecule has 1 aromatic carbocycles. The fraction of sp³-hybridized carbons (Fsp3) is 0.438. The van der Waals surface area contributed by atoms with E-state index in [9.17, 15) is 8.42 Å². The van der Waals surface area contributed by atoms with Crippen LogP contribution in [0.15, 0.2) is 24.3 Å². The van der Waals surface area contributed by atoms with Crippen molar-refractivity contribution in [2.45, 2.75) is 25.4 Å². The molecule has 1 saturated heterocycles. The van der Waals surface area contributed by atoms with Crippen LogP contribution < -0.4 is 4.74 Å². The van der Waals surface area contributed by atoms with E-state index in [1.165, 1.54) is 21.9 Å². The summed E-state index contributed by atoms with van der Waals surface area (Å²) in [5.41, 5.74) is 0. The number of fused-ring (bicyclic) bond motifs is 1. The molecule has 4 rings (SSSR count). The van der Waals surface area contributed by atoms with Crippen molar-refractivity contribution in [2.24, 2.45) is 0 Å². The summed E-state index contributed by atoms with van der Waals surface area (Å²) in [7, 11) is -3.14. The molecule has 3 aromatic rings. The van der Waals surface area contributed by atoms with Crippen LogP contribution in [0.3, 0.4) is 0 Å². The van der Waals surface area contributed by atoms with Crippen LogP contribution in [0.2, 0.25) is 5.02 Å². The first-order valence-corrected chi connectivity index (χ1v) is 11.5. The number of benzene rings is 1. The minimum Gasteiger partial charge on any atom is -0.486 e. The summed E-state index contributed by atoms with van der Waals surface area (Å²) in [6.45, 7) is 1.33. The molecule has 0 N–H and O–H groups in total. The molecule has 0 unspecified atom stereocenters. The highest BCUT2D eigenvalue weighted by atomic mass is 35.5. The van der Waals surface area contributed by atoms with Gasteiger partial charge in [0.2, 0.25) is 15.0 Å². The molecule has 144 valence electrons. The van der Waals surface area contributed by atoms with Gasteiger partial charge < -0.3 is 4.74 Å². The molecule has 2 aromatic heterocycles. The third-order valence-corrected chi connectivity index (χ3v) is 6.95. The summed E-state index contributed by atoms with van der Waals surface area (Å²) < 4.78 is 32.3. The highest BCUT2D eigenvalue weighted by Crippen LogP contribution is 2.29. The van der Waals surface area contributed by atoms with Gasteiger partial charge in [0.15, 0.2) is 10.8 Å². The summed E-state index contributed by atoms with van der Waals surface area (Å²) in [5, 5.41) is 14.5. The van der Waals surface area contributed by atoms with Crippen molar-refractivity contribution in [3.05, 3.63) is 40.1 Å². The Morgan fingerprint density at radius 3 is 2.59 bits per heavy atom. The Labute approximate surface area is 165 Å². The molecule has 0 spiro atoms. The quantitative estimate of drug-likeness (QED) is 0.621. The molecule has 27 heavy (non-hydrogen) atoms. The lowest BCUT2D eigenvalue weighted by atomic mass is 9.97. The first-order valence-electron chi connectivity index (χ1n) is 8.44. The summed E-state index contributed by atoms with van der Waals surface area (Å²) >= 11 is 7.30. The van der Waals surface area contributed by atoms with E-state index >= 15 is 0 Å². The van der Waals surface area contributed by atoms with Gasteiger partial charge in [0, 0.05) is 24.0 Å². The van der Waals surface area contributed by atoms with Crippen molar-refractivity contribution in [3.8, 4) is 5.75 Å². The average Bonchev–Trinajstić information content (AvgIpc) is 3.21. The van der Waals surface area contributed by atoms with Crippen LogP contribution in [0.4, 0.5) is 0 Å². The van der Waals surface area contributed by atoms with Crippen molar-refractivity contribution >= 4 is 37.9 Å². The predicted molar refractivity (Wildman–Crippen MR) is 103 cm³/mol. The Kier molecular flexibility index (Phi) is 5.06. The zero-order valence-electron chi connectivity index (χ0n) is 14.6. The number of hydrogen-bond donors (Lipinski definition) is 0. The van der Waals surface area contributed by atoms with Gasteiger partial charge in [-0.15, -0.1) is 10.2 Å². The van der Waals surface area contributed by atoms with Crippen molar-refractivity contribution in [1.82, 2.24) is 24.1 Å². The van der Waals surface area contributed by atoms with Gasteiger partial charge in [0.05, 0.1) is 6.26 Å². The smallest absolute Gasteiger partial charge is 0.234 e. The molecule has 11 heteroatoms. The highest BCUT2D eigenvalue weighted by Gasteiger charge is 2.29. The Bertz CT molecular complexity index is 1040. The Balaban J connectivity index is 1.45. The second kappa shape index (κ2) is 7.34. The van der Waals surface area contributed by atoms with E-state index in [4.69, 9.17) is 16.3 Å². The number of rotatable bonds is 5. The van der Waals surface area contributed by atoms with Crippen LogP contribution >= 0.6 is 22.9 Å². The summed E-state index contributed by atoms with van der Waals surface area (Å²) in [6, 6.07) is 7.17. The van der Waals surface area contributed by atoms with E-state index in [-0.39, 0.29) is 5.92 Å². The maximum Gasteiger partial charge on any atom is 0.234 e. The van der Waals surface area contributed by atoms with Crippen molar-refractivity contribution in [1.29, 1.82) is 0 Å². The number of sulfonamides is 1. The third kappa shape index (κ3) is 4.08. The van der Waals surface area contributed by atoms with Crippen LogP contribution in [0, 0.1) is 0 Å². The standard InChI is InChI=1S/C16H18ClN5O3S2/c1-27(23,24)21-8-6-11(7-9-21)15-18-19-16-22(15)20-14(26-16)10-25-13-4-2-12(17)3-5-13/h2-5,11H,6-10H2,1H3. The second-order valence-electron chi connectivity index (χ2n) is 6.43. The van der Waals surface area contributed by atoms with Crippen molar-refractivity contribution in [3.63, 3.8) is 0 Å². The van der Waals surface area contributed by atoms with E-state index in [1.807, 2.05) is 12.1 Å². The minimum atomic E-state index is -3.14. The number of halogens is 1. The van der Waals surface area contributed by atoms with Crippen LogP contribution in [-0.2, 0) is 16.6 Å². The zero-order valence-corrected chi connectivity index (χ0v) is 17.0. The Hall–Kier alpha value is -1.75. The maximum absolute atomic E-state index is 11.7. The van der Waals surface area contributed by atoms with Crippen LogP contribution in [0.25, 0.3) is 4.96 Å². The van der Waals surface area contributed by atoms with E-state index in [0.29, 0.717) is 42.5 Å². The maximum atomic E-state index is 11.7. The van der Waals surface area contributed by atoms with Gasteiger partial charge in [-0.05, 0) is 37.1 Å². The molecule has 0 amide bonds. The predicted octanol–water partition coefficient (Wildman–Crippen LogP) is 2.56. The topological polar surface area (TPSA) is 89.7 Å². The molecule has 3 heterocycles. The van der Waals surface area contributed by atoms with Gasteiger partial charge in [-0.2, -0.15) is 9.61 Å². The zero-order chi connectivity index (χ0) is 19.0. The van der Waals surface area contributed by atoms with Crippen LogP contribution in [0.1, 0.15) is 29.6 Å². The number of aromatic nitrogens is 4. The molecule has 1 aliphatic heterocycles. The summed E-state index contributed by atoms with van der Waals surface area (Å²) in [6.07, 6.45) is 2.67. The van der Waals surface area contributed by atoms with Gasteiger partial charge in [0.25, 0.3) is 0 Å². The lowest BCUT2D eigenvalue weighted by Crippen LogP contribution is -2.37. The largest absolute Gasteiger partial charge is 0.486 e. The summed E-state index contributed by atoms with van der Waals surface area (Å²) in [4.78, 5) is 0.713. The normalized spacial score (nSPS) is 16.8. The highest BCUT2D eigenvalue weighted by molar-refractivity contribution is 7.88. The van der Waals surface area contributed by atoms with E-state index in [1.54, 1.807) is 16.6 Å². The van der Waals surface area contributed by atoms with E-state index in [2.05, 4.69) is 15.3 Å². The minimum absolute atomic E-state index is 0.144. The van der Waals surface area contributed by atoms with Gasteiger partial charge >= 0.3 is 0 Å². The average molecular weight is 428 g/mol. The molecule has 0 saturated carbocycles. The van der Waals surface area contributed by atoms with Gasteiger partial charge in [0.1, 0.15) is 12.4 Å². The Morgan fingerprint density at radius 1 is 1.22 bits per heavy atom. The number of piperidine rings is 1. The molecule has 0 atom stereocenters. The van der Waals surface area contributed by atoms with Crippen molar-refractivity contribution in [2.75, 3.05) is 19.3 Å². The fourth-order valence-electron chi connectivity index (χ4n) is 3.11. The molecule has 0 radical (unpaired) electrons. The lowest BCUT2D eigenvalue weighted by molar-refractivity contribution is 0.302. The summed E-state index contributed by atoms with van der Waals surface area (Å²) in [5.74, 6) is 1.65. The molecule has 8 nitrogen and oxygen atoms in total. The number of hydrogen-bond acceptors (Lipinski definition) is 7. The first kappa shape index (κ1) is 18.6. The van der Waals surface area contributed by atoms with E-state index in [0.717, 1.165) is 16.6 Å². The molecule has 0 aliphatic carbocycles. The molecule has 1 fully saturated rings. The second-order valence-corrected chi connectivity index (χ2v) is 9.89. The molecule has 0 bridgehead atoms. The monoisotopic (exact) mass is 427 g/mol. The van der Waals surface area contributed by atoms with Crippen molar-refractivity contribution < 1.29 is 13.2 Å². The van der Waals surface area contributed by atoms with Crippen LogP contribution in [0.5, 0.6) is 5.75 Å². The molecular weight excluding hydrogens is 410 g/mol. The first-order chi connectivity index (χ1) is 12.9. The molecular formula is C16H18ClN5O3S2. The molecule has 1 aliphatic rings. The number of nitrogens with zero attached hydrogens (tertiary/aromatic N) is 5. The van der Waals surface area contributed by atoms with Gasteiger partial charge in [-0.3, -0.25) is 0 Å². The Morgan fingerprint density at radius 2 is 1.93 bits per heavy atom.